The topological polar surface area (TPSA) is 85.2 Å². The summed E-state index contributed by atoms with van der Waals surface area (Å²) < 4.78 is 7.44. The van der Waals surface area contributed by atoms with Gasteiger partial charge in [0.15, 0.2) is 6.61 Å². The smallest absolute Gasteiger partial charge is 0.263 e. The van der Waals surface area contributed by atoms with Crippen LogP contribution in [0, 0.1) is 0 Å². The fraction of sp³-hybridized carbons (Fsp3) is 0.160. The van der Waals surface area contributed by atoms with Crippen LogP contribution in [0.15, 0.2) is 72.9 Å². The van der Waals surface area contributed by atoms with E-state index >= 15 is 0 Å². The van der Waals surface area contributed by atoms with E-state index in [-0.39, 0.29) is 18.4 Å². The quantitative estimate of drug-likeness (QED) is 0.488. The average molecular weight is 426 g/mol. The molecule has 0 saturated heterocycles. The molecule has 0 aliphatic carbocycles. The third-order valence-electron chi connectivity index (χ3n) is 5.53. The molecule has 0 fully saturated rings. The van der Waals surface area contributed by atoms with Crippen LogP contribution in [-0.2, 0) is 22.6 Å². The SMILES string of the molecule is O=C1CCc2cc(OCC(=O)Nc3ccnn3Cc3cccc4ccccc34)ccc2N1. The highest BCUT2D eigenvalue weighted by Gasteiger charge is 2.16. The van der Waals surface area contributed by atoms with Gasteiger partial charge in [0.1, 0.15) is 11.6 Å². The van der Waals surface area contributed by atoms with Gasteiger partial charge in [0, 0.05) is 18.2 Å². The molecule has 1 aliphatic rings. The molecule has 2 N–H and O–H groups in total. The minimum atomic E-state index is -0.268. The van der Waals surface area contributed by atoms with Crippen molar-refractivity contribution in [1.29, 1.82) is 0 Å². The predicted molar refractivity (Wildman–Crippen MR) is 123 cm³/mol. The summed E-state index contributed by atoms with van der Waals surface area (Å²) >= 11 is 0. The van der Waals surface area contributed by atoms with Crippen molar-refractivity contribution in [3.63, 3.8) is 0 Å². The molecule has 7 nitrogen and oxygen atoms in total. The first-order valence-corrected chi connectivity index (χ1v) is 10.5. The largest absolute Gasteiger partial charge is 0.484 e. The Morgan fingerprint density at radius 3 is 2.88 bits per heavy atom. The number of carbonyl (C=O) groups excluding carboxylic acids is 2. The Bertz CT molecular complexity index is 1310. The molecule has 2 heterocycles. The standard InChI is InChI=1S/C25H22N4O3/c30-24-11-8-18-14-20(9-10-22(18)27-24)32-16-25(31)28-23-12-13-26-29(23)15-19-6-3-5-17-4-1-2-7-21(17)19/h1-7,9-10,12-14H,8,11,15-16H2,(H,27,30)(H,28,31). The Hall–Kier alpha value is -4.13. The van der Waals surface area contributed by atoms with Crippen molar-refractivity contribution in [1.82, 2.24) is 9.78 Å². The zero-order valence-electron chi connectivity index (χ0n) is 17.4. The Kier molecular flexibility index (Phi) is 5.29. The zero-order valence-corrected chi connectivity index (χ0v) is 17.4. The van der Waals surface area contributed by atoms with E-state index in [1.807, 2.05) is 24.3 Å². The van der Waals surface area contributed by atoms with E-state index in [9.17, 15) is 9.59 Å². The number of nitrogens with one attached hydrogen (secondary N) is 2. The van der Waals surface area contributed by atoms with Crippen LogP contribution >= 0.6 is 0 Å². The fourth-order valence-electron chi connectivity index (χ4n) is 3.93. The maximum absolute atomic E-state index is 12.5. The Morgan fingerprint density at radius 1 is 1.06 bits per heavy atom. The van der Waals surface area contributed by atoms with Gasteiger partial charge in [-0.05, 0) is 46.5 Å². The van der Waals surface area contributed by atoms with Crippen LogP contribution in [0.25, 0.3) is 10.8 Å². The minimum Gasteiger partial charge on any atom is -0.484 e. The van der Waals surface area contributed by atoms with Crippen molar-refractivity contribution >= 4 is 34.1 Å². The molecule has 0 spiro atoms. The monoisotopic (exact) mass is 426 g/mol. The lowest BCUT2D eigenvalue weighted by atomic mass is 10.0. The number of carbonyl (C=O) groups is 2. The molecule has 1 aliphatic heterocycles. The second-order valence-corrected chi connectivity index (χ2v) is 7.72. The van der Waals surface area contributed by atoms with E-state index in [4.69, 9.17) is 4.74 Å². The number of fused-ring (bicyclic) bond motifs is 2. The second-order valence-electron chi connectivity index (χ2n) is 7.72. The van der Waals surface area contributed by atoms with Gasteiger partial charge in [-0.25, -0.2) is 4.68 Å². The Morgan fingerprint density at radius 2 is 1.94 bits per heavy atom. The normalized spacial score (nSPS) is 12.8. The van der Waals surface area contributed by atoms with Crippen molar-refractivity contribution < 1.29 is 14.3 Å². The number of rotatable bonds is 6. The summed E-state index contributed by atoms with van der Waals surface area (Å²) in [4.78, 5) is 24.0. The molecular formula is C25H22N4O3. The van der Waals surface area contributed by atoms with Gasteiger partial charge in [0.25, 0.3) is 5.91 Å². The first kappa shape index (κ1) is 19.8. The lowest BCUT2D eigenvalue weighted by molar-refractivity contribution is -0.118. The molecule has 4 aromatic rings. The first-order valence-electron chi connectivity index (χ1n) is 10.5. The molecular weight excluding hydrogens is 404 g/mol. The minimum absolute atomic E-state index is 0.0191. The molecule has 7 heteroatoms. The Balaban J connectivity index is 1.23. The third-order valence-corrected chi connectivity index (χ3v) is 5.53. The molecule has 0 saturated carbocycles. The molecule has 5 rings (SSSR count). The van der Waals surface area contributed by atoms with Crippen molar-refractivity contribution in [2.75, 3.05) is 17.2 Å². The van der Waals surface area contributed by atoms with E-state index in [1.165, 1.54) is 5.39 Å². The van der Waals surface area contributed by atoms with Crippen LogP contribution in [0.1, 0.15) is 17.5 Å². The van der Waals surface area contributed by atoms with Crippen molar-refractivity contribution in [3.05, 3.63) is 84.1 Å². The molecule has 160 valence electrons. The lowest BCUT2D eigenvalue weighted by Crippen LogP contribution is -2.22. The number of nitrogens with zero attached hydrogens (tertiary/aromatic N) is 2. The van der Waals surface area contributed by atoms with E-state index in [0.29, 0.717) is 31.0 Å². The highest BCUT2D eigenvalue weighted by Crippen LogP contribution is 2.27. The molecule has 0 bridgehead atoms. The van der Waals surface area contributed by atoms with Crippen LogP contribution in [-0.4, -0.2) is 28.2 Å². The van der Waals surface area contributed by atoms with E-state index in [0.717, 1.165) is 22.2 Å². The number of benzene rings is 3. The van der Waals surface area contributed by atoms with Gasteiger partial charge >= 0.3 is 0 Å². The molecule has 1 aromatic heterocycles. The van der Waals surface area contributed by atoms with Crippen LogP contribution in [0.4, 0.5) is 11.5 Å². The molecule has 0 atom stereocenters. The summed E-state index contributed by atoms with van der Waals surface area (Å²) in [6, 6.07) is 21.6. The van der Waals surface area contributed by atoms with Gasteiger partial charge in [-0.2, -0.15) is 5.10 Å². The summed E-state index contributed by atoms with van der Waals surface area (Å²) in [6.45, 7) is 0.423. The summed E-state index contributed by atoms with van der Waals surface area (Å²) in [5.41, 5.74) is 2.94. The van der Waals surface area contributed by atoms with Crippen molar-refractivity contribution in [2.45, 2.75) is 19.4 Å². The summed E-state index contributed by atoms with van der Waals surface area (Å²) in [6.07, 6.45) is 2.79. The number of ether oxygens (including phenoxy) is 1. The predicted octanol–water partition coefficient (Wildman–Crippen LogP) is 3.99. The molecule has 2 amide bonds. The molecule has 0 unspecified atom stereocenters. The average Bonchev–Trinajstić information content (AvgIpc) is 3.24. The van der Waals surface area contributed by atoms with Crippen LogP contribution in [0.5, 0.6) is 5.75 Å². The van der Waals surface area contributed by atoms with Gasteiger partial charge in [-0.15, -0.1) is 0 Å². The van der Waals surface area contributed by atoms with E-state index < -0.39 is 0 Å². The van der Waals surface area contributed by atoms with Gasteiger partial charge < -0.3 is 15.4 Å². The highest BCUT2D eigenvalue weighted by molar-refractivity contribution is 5.94. The number of aromatic nitrogens is 2. The molecule has 32 heavy (non-hydrogen) atoms. The zero-order chi connectivity index (χ0) is 21.9. The number of amides is 2. The third kappa shape index (κ3) is 4.18. The molecule has 0 radical (unpaired) electrons. The maximum Gasteiger partial charge on any atom is 0.263 e. The number of anilines is 2. The first-order chi connectivity index (χ1) is 15.7. The Labute approximate surface area is 185 Å². The summed E-state index contributed by atoms with van der Waals surface area (Å²) in [7, 11) is 0. The van der Waals surface area contributed by atoms with Gasteiger partial charge in [-0.1, -0.05) is 42.5 Å². The number of hydrogen-bond acceptors (Lipinski definition) is 4. The van der Waals surface area contributed by atoms with Gasteiger partial charge in [0.05, 0.1) is 12.7 Å². The number of aryl methyl sites for hydroxylation is 1. The fourth-order valence-corrected chi connectivity index (χ4v) is 3.93. The maximum atomic E-state index is 12.5. The van der Waals surface area contributed by atoms with Crippen LogP contribution in [0.3, 0.4) is 0 Å². The molecule has 3 aromatic carbocycles. The van der Waals surface area contributed by atoms with E-state index in [1.54, 1.807) is 29.1 Å². The highest BCUT2D eigenvalue weighted by atomic mass is 16.5. The number of hydrogen-bond donors (Lipinski definition) is 2. The second kappa shape index (κ2) is 8.55. The van der Waals surface area contributed by atoms with Crippen molar-refractivity contribution in [2.24, 2.45) is 0 Å². The van der Waals surface area contributed by atoms with Gasteiger partial charge in [0.2, 0.25) is 5.91 Å². The van der Waals surface area contributed by atoms with E-state index in [2.05, 4.69) is 40.0 Å². The van der Waals surface area contributed by atoms with Crippen molar-refractivity contribution in [3.8, 4) is 5.75 Å². The van der Waals surface area contributed by atoms with Crippen LogP contribution < -0.4 is 15.4 Å². The van der Waals surface area contributed by atoms with Gasteiger partial charge in [-0.3, -0.25) is 9.59 Å². The summed E-state index contributed by atoms with van der Waals surface area (Å²) in [5.74, 6) is 0.959. The lowest BCUT2D eigenvalue weighted by Gasteiger charge is -2.17. The summed E-state index contributed by atoms with van der Waals surface area (Å²) in [5, 5.41) is 12.4. The van der Waals surface area contributed by atoms with Crippen LogP contribution in [0.2, 0.25) is 0 Å².